The number of nitrogens with one attached hydrogen (secondary N) is 1. The molecule has 0 unspecified atom stereocenters. The van der Waals surface area contributed by atoms with Crippen LogP contribution in [0.15, 0.2) is 48.5 Å². The van der Waals surface area contributed by atoms with E-state index in [1.54, 1.807) is 48.2 Å². The molecule has 1 fully saturated rings. The van der Waals surface area contributed by atoms with E-state index in [1.165, 1.54) is 19.1 Å². The second-order valence-corrected chi connectivity index (χ2v) is 7.03. The Morgan fingerprint density at radius 3 is 2.31 bits per heavy atom. The van der Waals surface area contributed by atoms with Crippen LogP contribution in [0, 0.1) is 5.82 Å². The van der Waals surface area contributed by atoms with Gasteiger partial charge in [-0.25, -0.2) is 9.18 Å². The lowest BCUT2D eigenvalue weighted by Crippen LogP contribution is -2.37. The smallest absolute Gasteiger partial charge is 0.338 e. The van der Waals surface area contributed by atoms with Crippen LogP contribution >= 0.6 is 0 Å². The van der Waals surface area contributed by atoms with Gasteiger partial charge in [-0.2, -0.15) is 0 Å². The molecule has 2 aromatic carbocycles. The molecule has 0 saturated carbocycles. The molecule has 0 aliphatic carbocycles. The molecule has 0 aromatic heterocycles. The Labute approximate surface area is 168 Å². The zero-order valence-electron chi connectivity index (χ0n) is 16.4. The summed E-state index contributed by atoms with van der Waals surface area (Å²) in [6.07, 6.45) is 0.364. The van der Waals surface area contributed by atoms with Gasteiger partial charge in [0.25, 0.3) is 5.91 Å². The van der Waals surface area contributed by atoms with Gasteiger partial charge in [0.15, 0.2) is 6.10 Å². The number of hydrogen-bond acceptors (Lipinski definition) is 4. The van der Waals surface area contributed by atoms with E-state index in [1.807, 2.05) is 0 Å². The number of anilines is 1. The van der Waals surface area contributed by atoms with Crippen LogP contribution in [-0.4, -0.2) is 30.4 Å². The number of benzene rings is 2. The van der Waals surface area contributed by atoms with Gasteiger partial charge in [0.1, 0.15) is 5.82 Å². The molecule has 2 aromatic rings. The minimum absolute atomic E-state index is 0.0703. The van der Waals surface area contributed by atoms with Crippen LogP contribution in [0.3, 0.4) is 0 Å². The van der Waals surface area contributed by atoms with Crippen molar-refractivity contribution in [2.45, 2.75) is 38.8 Å². The summed E-state index contributed by atoms with van der Waals surface area (Å²) in [6, 6.07) is 12.0. The summed E-state index contributed by atoms with van der Waals surface area (Å²) in [7, 11) is 0. The molecule has 1 N–H and O–H groups in total. The molecule has 6 nitrogen and oxygen atoms in total. The zero-order valence-corrected chi connectivity index (χ0v) is 16.4. The number of esters is 1. The highest BCUT2D eigenvalue weighted by atomic mass is 19.1. The van der Waals surface area contributed by atoms with Crippen molar-refractivity contribution in [1.29, 1.82) is 0 Å². The Hall–Kier alpha value is -3.22. The molecule has 2 atom stereocenters. The van der Waals surface area contributed by atoms with Gasteiger partial charge in [0.05, 0.1) is 11.6 Å². The molecule has 3 rings (SSSR count). The van der Waals surface area contributed by atoms with Crippen molar-refractivity contribution in [3.8, 4) is 0 Å². The van der Waals surface area contributed by atoms with Crippen molar-refractivity contribution in [2.75, 3.05) is 11.4 Å². The predicted octanol–water partition coefficient (Wildman–Crippen LogP) is 3.38. The number of rotatable bonds is 6. The molecule has 1 aliphatic rings. The first-order valence-corrected chi connectivity index (χ1v) is 9.52. The topological polar surface area (TPSA) is 75.7 Å². The van der Waals surface area contributed by atoms with E-state index < -0.39 is 18.0 Å². The number of ether oxygens (including phenoxy) is 1. The normalized spacial score (nSPS) is 15.7. The minimum Gasteiger partial charge on any atom is -0.449 e. The number of nitrogens with zero attached hydrogens (tertiary/aromatic N) is 1. The molecule has 152 valence electrons. The number of hydrogen-bond donors (Lipinski definition) is 1. The lowest BCUT2D eigenvalue weighted by atomic mass is 10.1. The van der Waals surface area contributed by atoms with Crippen LogP contribution < -0.4 is 10.2 Å². The second-order valence-electron chi connectivity index (χ2n) is 7.03. The second kappa shape index (κ2) is 8.86. The van der Waals surface area contributed by atoms with Crippen LogP contribution in [0.1, 0.15) is 48.7 Å². The standard InChI is InChI=1S/C22H23FN2O4/c1-14(16-5-9-18(23)10-6-16)24-21(27)15(2)29-22(28)17-7-11-19(12-8-17)25-13-3-4-20(25)26/h5-12,14-15H,3-4,13H2,1-2H3,(H,24,27)/t14-,15+/m1/s1. The maximum absolute atomic E-state index is 13.0. The largest absolute Gasteiger partial charge is 0.449 e. The average Bonchev–Trinajstić information content (AvgIpc) is 3.14. The zero-order chi connectivity index (χ0) is 21.0. The summed E-state index contributed by atoms with van der Waals surface area (Å²) in [5, 5.41) is 2.74. The number of amides is 2. The highest BCUT2D eigenvalue weighted by Crippen LogP contribution is 2.22. The van der Waals surface area contributed by atoms with E-state index in [9.17, 15) is 18.8 Å². The molecule has 0 bridgehead atoms. The molecular weight excluding hydrogens is 375 g/mol. The summed E-state index contributed by atoms with van der Waals surface area (Å²) in [5.41, 5.74) is 1.78. The lowest BCUT2D eigenvalue weighted by Gasteiger charge is -2.19. The van der Waals surface area contributed by atoms with Gasteiger partial charge in [0, 0.05) is 18.7 Å². The van der Waals surface area contributed by atoms with Gasteiger partial charge < -0.3 is 15.0 Å². The maximum Gasteiger partial charge on any atom is 0.338 e. The third-order valence-electron chi connectivity index (χ3n) is 4.87. The molecule has 1 heterocycles. The van der Waals surface area contributed by atoms with Gasteiger partial charge in [-0.3, -0.25) is 9.59 Å². The quantitative estimate of drug-likeness (QED) is 0.757. The molecule has 0 spiro atoms. The van der Waals surface area contributed by atoms with Gasteiger partial charge in [-0.05, 0) is 62.2 Å². The van der Waals surface area contributed by atoms with Gasteiger partial charge in [-0.15, -0.1) is 0 Å². The maximum atomic E-state index is 13.0. The van der Waals surface area contributed by atoms with Crippen molar-refractivity contribution in [1.82, 2.24) is 5.32 Å². The fourth-order valence-corrected chi connectivity index (χ4v) is 3.15. The average molecular weight is 398 g/mol. The van der Waals surface area contributed by atoms with E-state index in [0.717, 1.165) is 17.7 Å². The van der Waals surface area contributed by atoms with Crippen molar-refractivity contribution in [2.24, 2.45) is 0 Å². The van der Waals surface area contributed by atoms with Crippen molar-refractivity contribution in [3.05, 3.63) is 65.5 Å². The molecule has 1 saturated heterocycles. The van der Waals surface area contributed by atoms with Crippen LogP contribution in [0.5, 0.6) is 0 Å². The summed E-state index contributed by atoms with van der Waals surface area (Å²) >= 11 is 0. The number of carbonyl (C=O) groups is 3. The molecule has 0 radical (unpaired) electrons. The molecule has 29 heavy (non-hydrogen) atoms. The van der Waals surface area contributed by atoms with Crippen molar-refractivity contribution < 1.29 is 23.5 Å². The Morgan fingerprint density at radius 2 is 1.72 bits per heavy atom. The van der Waals surface area contributed by atoms with E-state index in [2.05, 4.69) is 5.32 Å². The van der Waals surface area contributed by atoms with E-state index in [0.29, 0.717) is 18.5 Å². The Bertz CT molecular complexity index is 896. The predicted molar refractivity (Wildman–Crippen MR) is 106 cm³/mol. The monoisotopic (exact) mass is 398 g/mol. The summed E-state index contributed by atoms with van der Waals surface area (Å²) in [5.74, 6) is -1.36. The first-order valence-electron chi connectivity index (χ1n) is 9.52. The summed E-state index contributed by atoms with van der Waals surface area (Å²) < 4.78 is 18.3. The van der Waals surface area contributed by atoms with Crippen LogP contribution in [-0.2, 0) is 14.3 Å². The van der Waals surface area contributed by atoms with E-state index >= 15 is 0 Å². The molecule has 7 heteroatoms. The molecular formula is C22H23FN2O4. The van der Waals surface area contributed by atoms with Crippen molar-refractivity contribution >= 4 is 23.5 Å². The number of carbonyl (C=O) groups excluding carboxylic acids is 3. The highest BCUT2D eigenvalue weighted by molar-refractivity contribution is 5.96. The molecule has 1 aliphatic heterocycles. The van der Waals surface area contributed by atoms with Crippen LogP contribution in [0.25, 0.3) is 0 Å². The first-order chi connectivity index (χ1) is 13.8. The lowest BCUT2D eigenvalue weighted by molar-refractivity contribution is -0.129. The Balaban J connectivity index is 1.55. The Kier molecular flexibility index (Phi) is 6.26. The van der Waals surface area contributed by atoms with Crippen LogP contribution in [0.4, 0.5) is 10.1 Å². The van der Waals surface area contributed by atoms with Gasteiger partial charge in [0.2, 0.25) is 5.91 Å². The van der Waals surface area contributed by atoms with Gasteiger partial charge >= 0.3 is 5.97 Å². The minimum atomic E-state index is -0.995. The first kappa shape index (κ1) is 20.5. The highest BCUT2D eigenvalue weighted by Gasteiger charge is 2.23. The fourth-order valence-electron chi connectivity index (χ4n) is 3.15. The third kappa shape index (κ3) is 4.99. The van der Waals surface area contributed by atoms with Crippen molar-refractivity contribution in [3.63, 3.8) is 0 Å². The van der Waals surface area contributed by atoms with E-state index in [-0.39, 0.29) is 17.8 Å². The van der Waals surface area contributed by atoms with E-state index in [4.69, 9.17) is 4.74 Å². The third-order valence-corrected chi connectivity index (χ3v) is 4.87. The van der Waals surface area contributed by atoms with Crippen LogP contribution in [0.2, 0.25) is 0 Å². The van der Waals surface area contributed by atoms with Gasteiger partial charge in [-0.1, -0.05) is 12.1 Å². The summed E-state index contributed by atoms with van der Waals surface area (Å²) in [4.78, 5) is 38.1. The molecule has 2 amide bonds. The number of halogens is 1. The summed E-state index contributed by atoms with van der Waals surface area (Å²) in [6.45, 7) is 3.92. The Morgan fingerprint density at radius 1 is 1.07 bits per heavy atom. The fraction of sp³-hybridized carbons (Fsp3) is 0.318. The SMILES string of the molecule is C[C@H](OC(=O)c1ccc(N2CCCC2=O)cc1)C(=O)N[C@H](C)c1ccc(F)cc1.